The molecule has 0 radical (unpaired) electrons. The number of aromatic nitrogens is 2. The van der Waals surface area contributed by atoms with Gasteiger partial charge in [-0.25, -0.2) is 4.39 Å². The van der Waals surface area contributed by atoms with Crippen LogP contribution in [0.1, 0.15) is 49.8 Å². The predicted molar refractivity (Wildman–Crippen MR) is 98.7 cm³/mol. The molecule has 4 aliphatic rings. The van der Waals surface area contributed by atoms with Crippen molar-refractivity contribution in [3.8, 4) is 11.8 Å². The van der Waals surface area contributed by atoms with E-state index in [2.05, 4.69) is 21.6 Å². The maximum absolute atomic E-state index is 13.4. The largest absolute Gasteiger partial charge is 0.484 e. The summed E-state index contributed by atoms with van der Waals surface area (Å²) in [6.07, 6.45) is 3.84. The van der Waals surface area contributed by atoms with Crippen molar-refractivity contribution in [3.05, 3.63) is 40.8 Å². The molecule has 1 heterocycles. The Bertz CT molecular complexity index is 1010. The molecule has 2 aromatic rings. The first-order valence-corrected chi connectivity index (χ1v) is 9.91. The summed E-state index contributed by atoms with van der Waals surface area (Å²) in [7, 11) is 0. The molecule has 0 saturated heterocycles. The van der Waals surface area contributed by atoms with Crippen LogP contribution < -0.4 is 10.1 Å². The molecule has 0 atom stereocenters. The second-order valence-electron chi connectivity index (χ2n) is 8.44. The van der Waals surface area contributed by atoms with Crippen molar-refractivity contribution in [1.82, 2.24) is 15.5 Å². The minimum Gasteiger partial charge on any atom is -0.484 e. The Morgan fingerprint density at radius 1 is 1.38 bits per heavy atom. The summed E-state index contributed by atoms with van der Waals surface area (Å²) >= 11 is 5.63. The standard InChI is InChI=1S/C20H18ClFN4O3/c21-14-2-1-13(5-15(14)22)28-7-16(27)24-20-8-19(9-20,10-20)18-26-25-17(29-18)12-3-11(4-12)6-23/h1-2,5,11-12H,3-4,7-10H2,(H,24,27). The molecule has 9 heteroatoms. The molecule has 6 rings (SSSR count). The van der Waals surface area contributed by atoms with E-state index in [1.54, 1.807) is 0 Å². The molecular formula is C20H18ClFN4O3. The van der Waals surface area contributed by atoms with Gasteiger partial charge in [-0.2, -0.15) is 5.26 Å². The molecule has 1 aromatic heterocycles. The number of hydrogen-bond donors (Lipinski definition) is 1. The van der Waals surface area contributed by atoms with Gasteiger partial charge >= 0.3 is 0 Å². The number of ether oxygens (including phenoxy) is 1. The second kappa shape index (κ2) is 6.42. The van der Waals surface area contributed by atoms with E-state index >= 15 is 0 Å². The highest BCUT2D eigenvalue weighted by Crippen LogP contribution is 2.67. The molecular weight excluding hydrogens is 399 g/mol. The average molecular weight is 417 g/mol. The maximum atomic E-state index is 13.4. The van der Waals surface area contributed by atoms with Gasteiger partial charge in [0.15, 0.2) is 6.61 Å². The third-order valence-corrected chi connectivity index (χ3v) is 6.57. The van der Waals surface area contributed by atoms with Crippen LogP contribution in [0.4, 0.5) is 4.39 Å². The third-order valence-electron chi connectivity index (χ3n) is 6.26. The highest BCUT2D eigenvalue weighted by molar-refractivity contribution is 6.30. The van der Waals surface area contributed by atoms with Crippen molar-refractivity contribution >= 4 is 17.5 Å². The Kier molecular flexibility index (Phi) is 4.07. The number of nitriles is 1. The fourth-order valence-corrected chi connectivity index (χ4v) is 4.85. The van der Waals surface area contributed by atoms with Crippen LogP contribution in [0.15, 0.2) is 22.6 Å². The molecule has 150 valence electrons. The zero-order valence-corrected chi connectivity index (χ0v) is 16.2. The minimum absolute atomic E-state index is 0.00679. The highest BCUT2D eigenvalue weighted by Gasteiger charge is 2.71. The highest BCUT2D eigenvalue weighted by atomic mass is 35.5. The van der Waals surface area contributed by atoms with E-state index in [1.807, 2.05) is 0 Å². The van der Waals surface area contributed by atoms with Crippen LogP contribution in [0, 0.1) is 23.1 Å². The number of nitrogens with one attached hydrogen (secondary N) is 1. The molecule has 4 aliphatic carbocycles. The molecule has 0 aliphatic heterocycles. The number of carbonyl (C=O) groups excluding carboxylic acids is 1. The number of halogens is 2. The van der Waals surface area contributed by atoms with Gasteiger partial charge in [0.2, 0.25) is 11.8 Å². The van der Waals surface area contributed by atoms with E-state index in [1.165, 1.54) is 12.1 Å². The van der Waals surface area contributed by atoms with Crippen molar-refractivity contribution < 1.29 is 18.3 Å². The SMILES string of the molecule is N#CC1CC(c2nnc(C34CC(NC(=O)COc5ccc(Cl)c(F)c5)(C3)C4)o2)C1. The molecule has 0 unspecified atom stereocenters. The van der Waals surface area contributed by atoms with E-state index in [0.29, 0.717) is 11.8 Å². The summed E-state index contributed by atoms with van der Waals surface area (Å²) in [6.45, 7) is -0.192. The van der Waals surface area contributed by atoms with Crippen molar-refractivity contribution in [2.24, 2.45) is 5.92 Å². The van der Waals surface area contributed by atoms with Gasteiger partial charge < -0.3 is 14.5 Å². The topological polar surface area (TPSA) is 101 Å². The first-order chi connectivity index (χ1) is 13.9. The molecule has 29 heavy (non-hydrogen) atoms. The smallest absolute Gasteiger partial charge is 0.258 e. The van der Waals surface area contributed by atoms with Gasteiger partial charge in [0.05, 0.1) is 16.5 Å². The summed E-state index contributed by atoms with van der Waals surface area (Å²) in [6, 6.07) is 6.31. The minimum atomic E-state index is -0.588. The van der Waals surface area contributed by atoms with Gasteiger partial charge in [-0.1, -0.05) is 11.6 Å². The van der Waals surface area contributed by atoms with Crippen LogP contribution in [-0.4, -0.2) is 28.3 Å². The number of amides is 1. The predicted octanol–water partition coefficient (Wildman–Crippen LogP) is 3.25. The number of nitrogens with zero attached hydrogens (tertiary/aromatic N) is 3. The molecule has 4 fully saturated rings. The fourth-order valence-electron chi connectivity index (χ4n) is 4.73. The van der Waals surface area contributed by atoms with Gasteiger partial charge in [-0.15, -0.1) is 10.2 Å². The Balaban J connectivity index is 1.12. The van der Waals surface area contributed by atoms with Crippen LogP contribution in [-0.2, 0) is 10.2 Å². The zero-order valence-electron chi connectivity index (χ0n) is 15.5. The first-order valence-electron chi connectivity index (χ1n) is 9.53. The molecule has 7 nitrogen and oxygen atoms in total. The van der Waals surface area contributed by atoms with Gasteiger partial charge in [0.25, 0.3) is 5.91 Å². The number of rotatable bonds is 6. The number of carbonyl (C=O) groups is 1. The van der Waals surface area contributed by atoms with Gasteiger partial charge in [-0.05, 0) is 44.2 Å². The zero-order chi connectivity index (χ0) is 20.2. The third kappa shape index (κ3) is 3.04. The number of hydrogen-bond acceptors (Lipinski definition) is 6. The summed E-state index contributed by atoms with van der Waals surface area (Å²) in [4.78, 5) is 12.2. The van der Waals surface area contributed by atoms with Crippen LogP contribution in [0.5, 0.6) is 5.75 Å². The Morgan fingerprint density at radius 3 is 2.83 bits per heavy atom. The summed E-state index contributed by atoms with van der Waals surface area (Å²) in [5.41, 5.74) is -0.389. The Hall–Kier alpha value is -2.66. The number of benzene rings is 1. The Labute approximate surface area is 171 Å². The maximum Gasteiger partial charge on any atom is 0.258 e. The molecule has 2 bridgehead atoms. The first kappa shape index (κ1) is 18.4. The van der Waals surface area contributed by atoms with Crippen LogP contribution in [0.25, 0.3) is 0 Å². The molecule has 1 N–H and O–H groups in total. The lowest BCUT2D eigenvalue weighted by atomic mass is 9.39. The van der Waals surface area contributed by atoms with Gasteiger partial charge in [0.1, 0.15) is 11.6 Å². The lowest BCUT2D eigenvalue weighted by Crippen LogP contribution is -2.77. The van der Waals surface area contributed by atoms with E-state index in [4.69, 9.17) is 26.0 Å². The average Bonchev–Trinajstić information content (AvgIpc) is 3.06. The summed E-state index contributed by atoms with van der Waals surface area (Å²) in [5.74, 6) is 0.956. The Morgan fingerprint density at radius 2 is 2.14 bits per heavy atom. The van der Waals surface area contributed by atoms with E-state index in [-0.39, 0.29) is 46.1 Å². The van der Waals surface area contributed by atoms with Crippen molar-refractivity contribution in [2.45, 2.75) is 49.0 Å². The van der Waals surface area contributed by atoms with Gasteiger partial charge in [0, 0.05) is 23.4 Å². The molecule has 4 saturated carbocycles. The van der Waals surface area contributed by atoms with Crippen LogP contribution >= 0.6 is 11.6 Å². The van der Waals surface area contributed by atoms with E-state index in [0.717, 1.165) is 38.2 Å². The monoisotopic (exact) mass is 416 g/mol. The summed E-state index contributed by atoms with van der Waals surface area (Å²) in [5, 5.41) is 20.3. The van der Waals surface area contributed by atoms with Crippen molar-refractivity contribution in [2.75, 3.05) is 6.61 Å². The van der Waals surface area contributed by atoms with Crippen LogP contribution in [0.3, 0.4) is 0 Å². The quantitative estimate of drug-likeness (QED) is 0.775. The lowest BCUT2D eigenvalue weighted by Gasteiger charge is -2.68. The summed E-state index contributed by atoms with van der Waals surface area (Å²) < 4.78 is 24.6. The molecule has 0 spiro atoms. The second-order valence-corrected chi connectivity index (χ2v) is 8.85. The van der Waals surface area contributed by atoms with Crippen molar-refractivity contribution in [3.63, 3.8) is 0 Å². The van der Waals surface area contributed by atoms with E-state index < -0.39 is 5.82 Å². The van der Waals surface area contributed by atoms with E-state index in [9.17, 15) is 9.18 Å². The normalized spacial score (nSPS) is 31.6. The van der Waals surface area contributed by atoms with Crippen molar-refractivity contribution in [1.29, 1.82) is 5.26 Å². The fraction of sp³-hybridized carbons (Fsp3) is 0.500. The lowest BCUT2D eigenvalue weighted by molar-refractivity contribution is -0.143. The molecule has 1 amide bonds. The van der Waals surface area contributed by atoms with Gasteiger partial charge in [-0.3, -0.25) is 4.79 Å². The molecule has 1 aromatic carbocycles. The van der Waals surface area contributed by atoms with Crippen LogP contribution in [0.2, 0.25) is 5.02 Å².